The number of amides is 1. The number of esters is 1. The molecule has 1 aromatic carbocycles. The second kappa shape index (κ2) is 11.2. The minimum absolute atomic E-state index is 0.140. The zero-order valence-electron chi connectivity index (χ0n) is 20.3. The molecule has 3 atom stereocenters. The third-order valence-corrected chi connectivity index (χ3v) is 5.60. The van der Waals surface area contributed by atoms with Gasteiger partial charge in [-0.05, 0) is 45.3 Å². The average molecular weight is 447 g/mol. The molecule has 0 bridgehead atoms. The van der Waals surface area contributed by atoms with Crippen molar-refractivity contribution in [2.24, 2.45) is 5.92 Å². The van der Waals surface area contributed by atoms with Gasteiger partial charge in [-0.15, -0.1) is 0 Å². The molecular formula is C25H38N2O5. The highest BCUT2D eigenvalue weighted by Gasteiger charge is 2.39. The molecular weight excluding hydrogens is 408 g/mol. The molecule has 1 aliphatic heterocycles. The first-order valence-electron chi connectivity index (χ1n) is 11.3. The molecule has 3 unspecified atom stereocenters. The van der Waals surface area contributed by atoms with Crippen LogP contribution in [-0.2, 0) is 19.0 Å². The molecule has 1 aromatic rings. The van der Waals surface area contributed by atoms with Crippen molar-refractivity contribution in [3.8, 4) is 0 Å². The van der Waals surface area contributed by atoms with Gasteiger partial charge >= 0.3 is 12.1 Å². The quantitative estimate of drug-likeness (QED) is 0.424. The van der Waals surface area contributed by atoms with E-state index in [1.807, 2.05) is 23.1 Å². The summed E-state index contributed by atoms with van der Waals surface area (Å²) in [5, 5.41) is 0. The van der Waals surface area contributed by atoms with Gasteiger partial charge in [0.15, 0.2) is 11.9 Å². The van der Waals surface area contributed by atoms with Crippen molar-refractivity contribution < 1.29 is 23.8 Å². The highest BCUT2D eigenvalue weighted by Crippen LogP contribution is 2.30. The van der Waals surface area contributed by atoms with E-state index in [9.17, 15) is 9.59 Å². The Morgan fingerprint density at radius 3 is 2.41 bits per heavy atom. The van der Waals surface area contributed by atoms with Gasteiger partial charge in [0, 0.05) is 13.1 Å². The fourth-order valence-electron chi connectivity index (χ4n) is 3.58. The van der Waals surface area contributed by atoms with E-state index in [1.165, 1.54) is 12.0 Å². The summed E-state index contributed by atoms with van der Waals surface area (Å²) < 4.78 is 16.8. The summed E-state index contributed by atoms with van der Waals surface area (Å²) in [5.74, 6) is 0.479. The van der Waals surface area contributed by atoms with Crippen LogP contribution in [0.2, 0.25) is 0 Å². The summed E-state index contributed by atoms with van der Waals surface area (Å²) in [6.07, 6.45) is 1.24. The molecule has 0 spiro atoms. The molecule has 178 valence electrons. The second-order valence-corrected chi connectivity index (χ2v) is 9.32. The Balaban J connectivity index is 2.14. The third kappa shape index (κ3) is 7.18. The highest BCUT2D eigenvalue weighted by atomic mass is 16.6. The lowest BCUT2D eigenvalue weighted by molar-refractivity contribution is -0.149. The number of rotatable bonds is 8. The molecule has 32 heavy (non-hydrogen) atoms. The van der Waals surface area contributed by atoms with Gasteiger partial charge in [0.05, 0.1) is 13.7 Å². The molecule has 0 aliphatic carbocycles. The Labute approximate surface area is 192 Å². The average Bonchev–Trinajstić information content (AvgIpc) is 2.76. The van der Waals surface area contributed by atoms with Crippen molar-refractivity contribution in [2.45, 2.75) is 65.2 Å². The molecule has 0 saturated carbocycles. The maximum absolute atomic E-state index is 12.7. The van der Waals surface area contributed by atoms with E-state index in [2.05, 4.69) is 32.6 Å². The number of carbonyl (C=O) groups excluding carboxylic acids is 2. The van der Waals surface area contributed by atoms with E-state index in [1.54, 1.807) is 20.8 Å². The van der Waals surface area contributed by atoms with Crippen LogP contribution in [0.25, 0.3) is 0 Å². The number of methoxy groups -OCH3 is 1. The predicted molar refractivity (Wildman–Crippen MR) is 124 cm³/mol. The SMILES string of the molecule is C=C(OC(CC(C)CC)c1ccccc1)N1CCN(C(=O)OC(C)(C)C)C(C(=O)OC)C1. The smallest absolute Gasteiger partial charge is 0.411 e. The van der Waals surface area contributed by atoms with Crippen LogP contribution < -0.4 is 0 Å². The normalized spacial score (nSPS) is 18.5. The zero-order chi connectivity index (χ0) is 23.9. The van der Waals surface area contributed by atoms with Crippen molar-refractivity contribution in [3.63, 3.8) is 0 Å². The van der Waals surface area contributed by atoms with Gasteiger partial charge in [-0.1, -0.05) is 50.6 Å². The lowest BCUT2D eigenvalue weighted by Gasteiger charge is -2.41. The second-order valence-electron chi connectivity index (χ2n) is 9.32. The molecule has 0 N–H and O–H groups in total. The van der Waals surface area contributed by atoms with Crippen LogP contribution >= 0.6 is 0 Å². The Hall–Kier alpha value is -2.70. The van der Waals surface area contributed by atoms with Crippen molar-refractivity contribution in [1.82, 2.24) is 9.80 Å². The van der Waals surface area contributed by atoms with Crippen LogP contribution in [0.15, 0.2) is 42.8 Å². The van der Waals surface area contributed by atoms with Gasteiger partial charge in [0.25, 0.3) is 0 Å². The number of carbonyl (C=O) groups is 2. The van der Waals surface area contributed by atoms with Crippen LogP contribution in [0.3, 0.4) is 0 Å². The van der Waals surface area contributed by atoms with Crippen LogP contribution in [0.5, 0.6) is 0 Å². The van der Waals surface area contributed by atoms with Gasteiger partial charge in [-0.3, -0.25) is 4.90 Å². The highest BCUT2D eigenvalue weighted by molar-refractivity contribution is 5.82. The summed E-state index contributed by atoms with van der Waals surface area (Å²) in [6, 6.07) is 9.29. The van der Waals surface area contributed by atoms with E-state index in [4.69, 9.17) is 14.2 Å². The van der Waals surface area contributed by atoms with Gasteiger partial charge in [0.2, 0.25) is 0 Å². The molecule has 1 fully saturated rings. The number of benzene rings is 1. The van der Waals surface area contributed by atoms with Gasteiger partial charge in [-0.25, -0.2) is 9.59 Å². The monoisotopic (exact) mass is 446 g/mol. The number of hydrogen-bond acceptors (Lipinski definition) is 6. The van der Waals surface area contributed by atoms with Crippen molar-refractivity contribution in [2.75, 3.05) is 26.7 Å². The van der Waals surface area contributed by atoms with E-state index >= 15 is 0 Å². The van der Waals surface area contributed by atoms with Crippen LogP contribution in [0, 0.1) is 5.92 Å². The van der Waals surface area contributed by atoms with E-state index in [-0.39, 0.29) is 12.6 Å². The Morgan fingerprint density at radius 1 is 1.19 bits per heavy atom. The number of hydrogen-bond donors (Lipinski definition) is 0. The molecule has 1 heterocycles. The van der Waals surface area contributed by atoms with Crippen molar-refractivity contribution in [1.29, 1.82) is 0 Å². The Bertz CT molecular complexity index is 774. The summed E-state index contributed by atoms with van der Waals surface area (Å²) in [5.41, 5.74) is 0.436. The van der Waals surface area contributed by atoms with Crippen molar-refractivity contribution >= 4 is 12.1 Å². The molecule has 0 aromatic heterocycles. The molecule has 7 heteroatoms. The van der Waals surface area contributed by atoms with Crippen LogP contribution in [-0.4, -0.2) is 60.2 Å². The molecule has 1 aliphatic rings. The molecule has 0 radical (unpaired) electrons. The minimum atomic E-state index is -0.798. The van der Waals surface area contributed by atoms with Crippen molar-refractivity contribution in [3.05, 3.63) is 48.4 Å². The Kier molecular flexibility index (Phi) is 8.99. The number of ether oxygens (including phenoxy) is 3. The van der Waals surface area contributed by atoms with E-state index < -0.39 is 23.7 Å². The topological polar surface area (TPSA) is 68.3 Å². The Morgan fingerprint density at radius 2 is 1.84 bits per heavy atom. The van der Waals surface area contributed by atoms with E-state index in [0.717, 1.165) is 18.4 Å². The molecule has 1 amide bonds. The number of nitrogens with zero attached hydrogens (tertiary/aromatic N) is 2. The third-order valence-electron chi connectivity index (χ3n) is 5.60. The minimum Gasteiger partial charge on any atom is -0.471 e. The van der Waals surface area contributed by atoms with E-state index in [0.29, 0.717) is 24.9 Å². The number of piperazine rings is 1. The fourth-order valence-corrected chi connectivity index (χ4v) is 3.58. The summed E-state index contributed by atoms with van der Waals surface area (Å²) in [4.78, 5) is 28.5. The lowest BCUT2D eigenvalue weighted by atomic mass is 9.96. The molecule has 7 nitrogen and oxygen atoms in total. The summed E-state index contributed by atoms with van der Waals surface area (Å²) in [7, 11) is 1.32. The standard InChI is InChI=1S/C25H38N2O5/c1-8-18(2)16-22(20-12-10-9-11-13-20)31-19(3)26-14-15-27(21(17-26)23(28)30-7)24(29)32-25(4,5)6/h9-13,18,21-22H,3,8,14-17H2,1-2,4-7H3. The lowest BCUT2D eigenvalue weighted by Crippen LogP contribution is -2.59. The summed E-state index contributed by atoms with van der Waals surface area (Å²) in [6.45, 7) is 14.9. The van der Waals surface area contributed by atoms with Gasteiger partial charge in [-0.2, -0.15) is 0 Å². The molecule has 1 saturated heterocycles. The summed E-state index contributed by atoms with van der Waals surface area (Å²) >= 11 is 0. The first-order valence-corrected chi connectivity index (χ1v) is 11.3. The maximum atomic E-state index is 12.7. The first-order chi connectivity index (χ1) is 15.1. The van der Waals surface area contributed by atoms with Crippen LogP contribution in [0.4, 0.5) is 4.79 Å². The first kappa shape index (κ1) is 25.6. The zero-order valence-corrected chi connectivity index (χ0v) is 20.3. The van der Waals surface area contributed by atoms with Gasteiger partial charge in [0.1, 0.15) is 11.7 Å². The molecule has 2 rings (SSSR count). The fraction of sp³-hybridized carbons (Fsp3) is 0.600. The largest absolute Gasteiger partial charge is 0.471 e. The van der Waals surface area contributed by atoms with Gasteiger partial charge < -0.3 is 19.1 Å². The predicted octanol–water partition coefficient (Wildman–Crippen LogP) is 4.75. The van der Waals surface area contributed by atoms with Crippen LogP contribution in [0.1, 0.15) is 59.1 Å². The maximum Gasteiger partial charge on any atom is 0.411 e.